The van der Waals surface area contributed by atoms with Gasteiger partial charge in [0.15, 0.2) is 5.96 Å². The van der Waals surface area contributed by atoms with E-state index in [1.165, 1.54) is 17.5 Å². The molecule has 0 amide bonds. The molecule has 1 aliphatic rings. The van der Waals surface area contributed by atoms with E-state index >= 15 is 0 Å². The standard InChI is InChI=1S/C24H27N7/c1-16-7-11-20(12-8-16)31-23(26)21(15-25)22(30-31)6-3-13-28-24(27)29-19-10-9-17-4-2-5-18(17)14-19/h7-12,14H,2-6,13,26H2,1H3,(H3,27,28,29). The summed E-state index contributed by atoms with van der Waals surface area (Å²) in [5, 5.41) is 17.3. The molecule has 1 aliphatic carbocycles. The van der Waals surface area contributed by atoms with Crippen molar-refractivity contribution in [3.63, 3.8) is 0 Å². The van der Waals surface area contributed by atoms with Gasteiger partial charge in [-0.2, -0.15) is 10.4 Å². The van der Waals surface area contributed by atoms with E-state index in [0.717, 1.165) is 29.8 Å². The molecule has 7 nitrogen and oxygen atoms in total. The number of aliphatic imine (C=N–C) groups is 1. The monoisotopic (exact) mass is 413 g/mol. The molecule has 0 aliphatic heterocycles. The summed E-state index contributed by atoms with van der Waals surface area (Å²) in [5.41, 5.74) is 19.1. The van der Waals surface area contributed by atoms with Gasteiger partial charge in [0.25, 0.3) is 0 Å². The predicted molar refractivity (Wildman–Crippen MR) is 124 cm³/mol. The number of nitriles is 1. The summed E-state index contributed by atoms with van der Waals surface area (Å²) in [7, 11) is 0. The molecule has 0 spiro atoms. The number of nitrogen functional groups attached to an aromatic ring is 1. The molecule has 7 heteroatoms. The van der Waals surface area contributed by atoms with E-state index in [1.807, 2.05) is 37.3 Å². The van der Waals surface area contributed by atoms with Gasteiger partial charge in [-0.3, -0.25) is 4.99 Å². The van der Waals surface area contributed by atoms with E-state index in [1.54, 1.807) is 4.68 Å². The number of fused-ring (bicyclic) bond motifs is 1. The number of aromatic nitrogens is 2. The third kappa shape index (κ3) is 4.53. The maximum absolute atomic E-state index is 9.54. The lowest BCUT2D eigenvalue weighted by Crippen LogP contribution is -2.23. The van der Waals surface area contributed by atoms with Crippen molar-refractivity contribution in [3.05, 3.63) is 70.4 Å². The number of hydrogen-bond acceptors (Lipinski definition) is 4. The van der Waals surface area contributed by atoms with Gasteiger partial charge >= 0.3 is 0 Å². The number of guanidine groups is 1. The summed E-state index contributed by atoms with van der Waals surface area (Å²) in [6, 6.07) is 16.4. The van der Waals surface area contributed by atoms with Crippen LogP contribution in [0, 0.1) is 18.3 Å². The first-order chi connectivity index (χ1) is 15.0. The summed E-state index contributed by atoms with van der Waals surface area (Å²) >= 11 is 0. The Hall–Kier alpha value is -3.79. The SMILES string of the molecule is Cc1ccc(-n2nc(CCCN=C(N)Nc3ccc4c(c3)CCC4)c(C#N)c2N)cc1. The quantitative estimate of drug-likeness (QED) is 0.325. The molecule has 0 fully saturated rings. The second-order valence-corrected chi connectivity index (χ2v) is 7.90. The number of benzene rings is 2. The molecule has 5 N–H and O–H groups in total. The summed E-state index contributed by atoms with van der Waals surface area (Å²) in [6.45, 7) is 2.56. The van der Waals surface area contributed by atoms with Crippen molar-refractivity contribution in [3.8, 4) is 11.8 Å². The predicted octanol–water partition coefficient (Wildman–Crippen LogP) is 3.48. The largest absolute Gasteiger partial charge is 0.382 e. The highest BCUT2D eigenvalue weighted by molar-refractivity contribution is 5.92. The molecule has 158 valence electrons. The van der Waals surface area contributed by atoms with Crippen LogP contribution in [0.15, 0.2) is 47.5 Å². The molecule has 0 bridgehead atoms. The first kappa shape index (κ1) is 20.5. The fourth-order valence-corrected chi connectivity index (χ4v) is 3.94. The number of nitrogens with two attached hydrogens (primary N) is 2. The smallest absolute Gasteiger partial charge is 0.193 e. The van der Waals surface area contributed by atoms with Crippen LogP contribution in [0.4, 0.5) is 11.5 Å². The Morgan fingerprint density at radius 2 is 1.97 bits per heavy atom. The first-order valence-corrected chi connectivity index (χ1v) is 10.6. The average molecular weight is 414 g/mol. The first-order valence-electron chi connectivity index (χ1n) is 10.6. The van der Waals surface area contributed by atoms with Crippen LogP contribution in [0.2, 0.25) is 0 Å². The molecule has 0 atom stereocenters. The molecule has 31 heavy (non-hydrogen) atoms. The summed E-state index contributed by atoms with van der Waals surface area (Å²) in [6.07, 6.45) is 4.82. The van der Waals surface area contributed by atoms with E-state index < -0.39 is 0 Å². The molecule has 0 saturated heterocycles. The van der Waals surface area contributed by atoms with Crippen molar-refractivity contribution in [2.45, 2.75) is 39.0 Å². The molecule has 0 radical (unpaired) electrons. The minimum atomic E-state index is 0.364. The molecule has 1 aromatic heterocycles. The van der Waals surface area contributed by atoms with Crippen LogP contribution in [0.25, 0.3) is 5.69 Å². The van der Waals surface area contributed by atoms with E-state index in [2.05, 4.69) is 33.6 Å². The molecule has 2 aromatic carbocycles. The van der Waals surface area contributed by atoms with Crippen molar-refractivity contribution in [2.24, 2.45) is 10.7 Å². The van der Waals surface area contributed by atoms with Crippen molar-refractivity contribution in [1.82, 2.24) is 9.78 Å². The van der Waals surface area contributed by atoms with Crippen molar-refractivity contribution >= 4 is 17.5 Å². The topological polar surface area (TPSA) is 118 Å². The number of aryl methyl sites for hydroxylation is 4. The number of nitrogens with zero attached hydrogens (tertiary/aromatic N) is 4. The molecule has 0 saturated carbocycles. The Morgan fingerprint density at radius 1 is 1.19 bits per heavy atom. The summed E-state index contributed by atoms with van der Waals surface area (Å²) < 4.78 is 1.63. The number of nitrogens with one attached hydrogen (secondary N) is 1. The molecule has 1 heterocycles. The van der Waals surface area contributed by atoms with Crippen molar-refractivity contribution in [2.75, 3.05) is 17.6 Å². The van der Waals surface area contributed by atoms with Crippen LogP contribution in [0.5, 0.6) is 0 Å². The van der Waals surface area contributed by atoms with Gasteiger partial charge in [-0.15, -0.1) is 0 Å². The third-order valence-electron chi connectivity index (χ3n) is 5.61. The van der Waals surface area contributed by atoms with Crippen molar-refractivity contribution < 1.29 is 0 Å². The molecule has 0 unspecified atom stereocenters. The zero-order valence-electron chi connectivity index (χ0n) is 17.7. The lowest BCUT2D eigenvalue weighted by Gasteiger charge is -2.08. The van der Waals surface area contributed by atoms with Crippen LogP contribution in [0.3, 0.4) is 0 Å². The van der Waals surface area contributed by atoms with Crippen LogP contribution in [-0.4, -0.2) is 22.3 Å². The zero-order chi connectivity index (χ0) is 21.8. The van der Waals surface area contributed by atoms with Crippen LogP contribution in [-0.2, 0) is 19.3 Å². The minimum absolute atomic E-state index is 0.364. The number of anilines is 2. The maximum atomic E-state index is 9.54. The molecular formula is C24H27N7. The van der Waals surface area contributed by atoms with Crippen LogP contribution >= 0.6 is 0 Å². The van der Waals surface area contributed by atoms with Gasteiger partial charge in [0.2, 0.25) is 0 Å². The van der Waals surface area contributed by atoms with Crippen LogP contribution in [0.1, 0.15) is 40.8 Å². The van der Waals surface area contributed by atoms with E-state index in [0.29, 0.717) is 42.4 Å². The second kappa shape index (κ2) is 8.92. The molecular weight excluding hydrogens is 386 g/mol. The lowest BCUT2D eigenvalue weighted by atomic mass is 10.1. The van der Waals surface area contributed by atoms with E-state index in [4.69, 9.17) is 11.5 Å². The summed E-state index contributed by atoms with van der Waals surface area (Å²) in [5.74, 6) is 0.755. The number of hydrogen-bond donors (Lipinski definition) is 3. The normalized spacial score (nSPS) is 13.1. The minimum Gasteiger partial charge on any atom is -0.382 e. The van der Waals surface area contributed by atoms with Gasteiger partial charge in [-0.25, -0.2) is 4.68 Å². The Morgan fingerprint density at radius 3 is 2.74 bits per heavy atom. The fraction of sp³-hybridized carbons (Fsp3) is 0.292. The second-order valence-electron chi connectivity index (χ2n) is 7.90. The summed E-state index contributed by atoms with van der Waals surface area (Å²) in [4.78, 5) is 4.42. The Balaban J connectivity index is 1.37. The van der Waals surface area contributed by atoms with Gasteiger partial charge in [0.05, 0.1) is 11.4 Å². The van der Waals surface area contributed by atoms with Gasteiger partial charge in [0.1, 0.15) is 17.5 Å². The van der Waals surface area contributed by atoms with Gasteiger partial charge in [0, 0.05) is 12.2 Å². The van der Waals surface area contributed by atoms with Gasteiger partial charge in [-0.05, 0) is 74.4 Å². The Labute approximate surface area is 182 Å². The van der Waals surface area contributed by atoms with Crippen LogP contribution < -0.4 is 16.8 Å². The zero-order valence-corrected chi connectivity index (χ0v) is 17.7. The lowest BCUT2D eigenvalue weighted by molar-refractivity contribution is 0.776. The number of rotatable bonds is 6. The molecule has 3 aromatic rings. The third-order valence-corrected chi connectivity index (χ3v) is 5.61. The van der Waals surface area contributed by atoms with Gasteiger partial charge < -0.3 is 16.8 Å². The Kier molecular flexibility index (Phi) is 5.89. The maximum Gasteiger partial charge on any atom is 0.193 e. The highest BCUT2D eigenvalue weighted by Crippen LogP contribution is 2.25. The average Bonchev–Trinajstić information content (AvgIpc) is 3.35. The molecule has 4 rings (SSSR count). The highest BCUT2D eigenvalue weighted by atomic mass is 15.3. The van der Waals surface area contributed by atoms with Gasteiger partial charge in [-0.1, -0.05) is 23.8 Å². The van der Waals surface area contributed by atoms with Crippen molar-refractivity contribution in [1.29, 1.82) is 5.26 Å². The fourth-order valence-electron chi connectivity index (χ4n) is 3.94. The van der Waals surface area contributed by atoms with E-state index in [-0.39, 0.29) is 0 Å². The highest BCUT2D eigenvalue weighted by Gasteiger charge is 2.16. The van der Waals surface area contributed by atoms with E-state index in [9.17, 15) is 5.26 Å². The Bertz CT molecular complexity index is 1150.